The van der Waals surface area contributed by atoms with Gasteiger partial charge in [0.05, 0.1) is 6.20 Å². The maximum Gasteiger partial charge on any atom is 0.295 e. The Morgan fingerprint density at radius 1 is 1.54 bits per heavy atom. The Labute approximate surface area is 73.9 Å². The lowest BCUT2D eigenvalue weighted by molar-refractivity contribution is 0.0839. The van der Waals surface area contributed by atoms with E-state index in [0.29, 0.717) is 5.01 Å². The minimum atomic E-state index is -0.666. The van der Waals surface area contributed by atoms with Gasteiger partial charge < -0.3 is 5.73 Å². The smallest absolute Gasteiger partial charge is 0.295 e. The molecule has 7 nitrogen and oxygen atoms in total. The molecule has 1 aromatic heterocycles. The molecule has 68 valence electrons. The van der Waals surface area contributed by atoms with Gasteiger partial charge in [0.1, 0.15) is 5.69 Å². The van der Waals surface area contributed by atoms with E-state index in [9.17, 15) is 4.79 Å². The van der Waals surface area contributed by atoms with E-state index in [4.69, 9.17) is 17.0 Å². The largest absolute Gasteiger partial charge is 0.369 e. The van der Waals surface area contributed by atoms with Crippen LogP contribution in [-0.2, 0) is 0 Å². The molecule has 0 aliphatic heterocycles. The number of nitrogens with two attached hydrogens (primary N) is 2. The topological polar surface area (TPSA) is 122 Å². The molecular weight excluding hydrogens is 172 g/mol. The van der Waals surface area contributed by atoms with Crippen molar-refractivity contribution in [3.05, 3.63) is 24.3 Å². The zero-order chi connectivity index (χ0) is 9.84. The van der Waals surface area contributed by atoms with Crippen LogP contribution in [0.15, 0.2) is 18.6 Å². The fraction of sp³-hybridized carbons (Fsp3) is 0. The van der Waals surface area contributed by atoms with E-state index in [1.54, 1.807) is 0 Å². The number of hydrogen-bond donors (Lipinski definition) is 3. The van der Waals surface area contributed by atoms with Gasteiger partial charge in [-0.15, -0.1) is 0 Å². The number of nitrogens with one attached hydrogen (secondary N) is 1. The summed E-state index contributed by atoms with van der Waals surface area (Å²) in [6, 6.07) is 0. The molecule has 0 unspecified atom stereocenters. The van der Waals surface area contributed by atoms with Gasteiger partial charge in [0, 0.05) is 12.4 Å². The van der Waals surface area contributed by atoms with E-state index >= 15 is 0 Å². The lowest BCUT2D eigenvalue weighted by Crippen LogP contribution is -2.46. The van der Waals surface area contributed by atoms with Crippen LogP contribution in [0.25, 0.3) is 0 Å². The van der Waals surface area contributed by atoms with Crippen molar-refractivity contribution in [3.63, 3.8) is 0 Å². The van der Waals surface area contributed by atoms with Crippen molar-refractivity contribution in [2.75, 3.05) is 0 Å². The number of carbonyl (C=O) groups is 1. The van der Waals surface area contributed by atoms with Gasteiger partial charge in [0.2, 0.25) is 5.96 Å². The highest BCUT2D eigenvalue weighted by Crippen LogP contribution is 1.93. The Bertz CT molecular complexity index is 323. The summed E-state index contributed by atoms with van der Waals surface area (Å²) in [5.74, 6) is 3.95. The Balaban J connectivity index is 2.86. The maximum absolute atomic E-state index is 11.3. The summed E-state index contributed by atoms with van der Waals surface area (Å²) in [4.78, 5) is 18.6. The lowest BCUT2D eigenvalue weighted by atomic mass is 10.4. The van der Waals surface area contributed by atoms with Crippen LogP contribution in [-0.4, -0.2) is 26.8 Å². The summed E-state index contributed by atoms with van der Waals surface area (Å²) >= 11 is 0. The van der Waals surface area contributed by atoms with Gasteiger partial charge in [0.15, 0.2) is 0 Å². The molecular formula is C6H8N6O. The van der Waals surface area contributed by atoms with Gasteiger partial charge in [-0.05, 0) is 0 Å². The average Bonchev–Trinajstić information content (AvgIpc) is 2.17. The van der Waals surface area contributed by atoms with Crippen molar-refractivity contribution in [3.8, 4) is 0 Å². The summed E-state index contributed by atoms with van der Waals surface area (Å²) < 4.78 is 0. The SMILES string of the molecule is N=C(N)N(N)C(=O)c1cnccn1. The Morgan fingerprint density at radius 2 is 2.23 bits per heavy atom. The molecule has 7 heteroatoms. The van der Waals surface area contributed by atoms with Crippen molar-refractivity contribution in [1.29, 1.82) is 5.41 Å². The fourth-order valence-corrected chi connectivity index (χ4v) is 0.642. The second-order valence-corrected chi connectivity index (χ2v) is 2.15. The molecule has 0 aliphatic rings. The molecule has 1 aromatic rings. The summed E-state index contributed by atoms with van der Waals surface area (Å²) in [5, 5.41) is 7.38. The van der Waals surface area contributed by atoms with Gasteiger partial charge in [-0.25, -0.2) is 15.8 Å². The first-order chi connectivity index (χ1) is 6.13. The molecule has 13 heavy (non-hydrogen) atoms. The molecule has 0 aromatic carbocycles. The van der Waals surface area contributed by atoms with Crippen molar-refractivity contribution in [2.24, 2.45) is 11.6 Å². The third-order valence-electron chi connectivity index (χ3n) is 1.26. The highest BCUT2D eigenvalue weighted by molar-refractivity contribution is 6.02. The van der Waals surface area contributed by atoms with Crippen LogP contribution in [0.1, 0.15) is 10.5 Å². The van der Waals surface area contributed by atoms with E-state index in [0.717, 1.165) is 0 Å². The first-order valence-corrected chi connectivity index (χ1v) is 3.32. The molecule has 1 amide bonds. The van der Waals surface area contributed by atoms with E-state index < -0.39 is 11.9 Å². The van der Waals surface area contributed by atoms with Crippen LogP contribution in [0.2, 0.25) is 0 Å². The molecule has 0 saturated carbocycles. The lowest BCUT2D eigenvalue weighted by Gasteiger charge is -2.12. The van der Waals surface area contributed by atoms with E-state index in [2.05, 4.69) is 9.97 Å². The molecule has 1 heterocycles. The third kappa shape index (κ3) is 1.97. The minimum absolute atomic E-state index is 0.0419. The van der Waals surface area contributed by atoms with Crippen molar-refractivity contribution in [2.45, 2.75) is 0 Å². The van der Waals surface area contributed by atoms with Crippen LogP contribution in [0, 0.1) is 5.41 Å². The van der Waals surface area contributed by atoms with E-state index in [-0.39, 0.29) is 5.69 Å². The average molecular weight is 180 g/mol. The van der Waals surface area contributed by atoms with Crippen molar-refractivity contribution < 1.29 is 4.79 Å². The maximum atomic E-state index is 11.3. The first kappa shape index (κ1) is 9.07. The second kappa shape index (κ2) is 3.59. The summed E-state index contributed by atoms with van der Waals surface area (Å²) in [6.45, 7) is 0. The number of aromatic nitrogens is 2. The molecule has 0 bridgehead atoms. The Kier molecular flexibility index (Phi) is 2.50. The Morgan fingerprint density at radius 3 is 2.69 bits per heavy atom. The molecule has 1 rings (SSSR count). The number of guanidine groups is 1. The number of rotatable bonds is 1. The molecule has 0 atom stereocenters. The molecule has 0 fully saturated rings. The summed E-state index contributed by atoms with van der Waals surface area (Å²) in [5.41, 5.74) is 5.03. The monoisotopic (exact) mass is 180 g/mol. The molecule has 0 saturated heterocycles. The van der Waals surface area contributed by atoms with Gasteiger partial charge in [-0.1, -0.05) is 0 Å². The van der Waals surface area contributed by atoms with Gasteiger partial charge in [0.25, 0.3) is 5.91 Å². The first-order valence-electron chi connectivity index (χ1n) is 3.32. The predicted molar refractivity (Wildman–Crippen MR) is 44.3 cm³/mol. The minimum Gasteiger partial charge on any atom is -0.369 e. The van der Waals surface area contributed by atoms with Gasteiger partial charge >= 0.3 is 0 Å². The molecule has 0 radical (unpaired) electrons. The normalized spacial score (nSPS) is 9.31. The standard InChI is InChI=1S/C6H8N6O/c7-6(8)12(9)5(13)4-3-10-1-2-11-4/h1-3H,9H2,(H3,7,8). The van der Waals surface area contributed by atoms with Crippen LogP contribution in [0.5, 0.6) is 0 Å². The quantitative estimate of drug-likeness (QED) is 0.163. The zero-order valence-corrected chi connectivity index (χ0v) is 6.64. The molecule has 0 aliphatic carbocycles. The van der Waals surface area contributed by atoms with Crippen molar-refractivity contribution in [1.82, 2.24) is 15.0 Å². The number of nitrogens with zero attached hydrogens (tertiary/aromatic N) is 3. The van der Waals surface area contributed by atoms with E-state index in [1.807, 2.05) is 0 Å². The number of hydrazine groups is 1. The zero-order valence-electron chi connectivity index (χ0n) is 6.64. The predicted octanol–water partition coefficient (Wildman–Crippen LogP) is -1.31. The number of carbonyl (C=O) groups excluding carboxylic acids is 1. The van der Waals surface area contributed by atoms with Gasteiger partial charge in [-0.2, -0.15) is 0 Å². The summed E-state index contributed by atoms with van der Waals surface area (Å²) in [6.07, 6.45) is 4.01. The highest BCUT2D eigenvalue weighted by Gasteiger charge is 2.15. The second-order valence-electron chi connectivity index (χ2n) is 2.15. The number of amides is 1. The van der Waals surface area contributed by atoms with Crippen LogP contribution in [0.4, 0.5) is 0 Å². The molecule has 5 N–H and O–H groups in total. The van der Waals surface area contributed by atoms with Crippen LogP contribution in [0.3, 0.4) is 0 Å². The van der Waals surface area contributed by atoms with E-state index in [1.165, 1.54) is 18.6 Å². The highest BCUT2D eigenvalue weighted by atomic mass is 16.2. The third-order valence-corrected chi connectivity index (χ3v) is 1.26. The Hall–Kier alpha value is -2.02. The van der Waals surface area contributed by atoms with Crippen molar-refractivity contribution >= 4 is 11.9 Å². The van der Waals surface area contributed by atoms with Crippen LogP contribution < -0.4 is 11.6 Å². The summed E-state index contributed by atoms with van der Waals surface area (Å²) in [7, 11) is 0. The van der Waals surface area contributed by atoms with Gasteiger partial charge in [-0.3, -0.25) is 15.2 Å². The number of hydrogen-bond acceptors (Lipinski definition) is 5. The molecule has 0 spiro atoms. The van der Waals surface area contributed by atoms with Crippen LogP contribution >= 0.6 is 0 Å². The fourth-order valence-electron chi connectivity index (χ4n) is 0.642.